The van der Waals surface area contributed by atoms with Crippen LogP contribution in [-0.2, 0) is 32.5 Å². The Balaban J connectivity index is 1.59. The van der Waals surface area contributed by atoms with Gasteiger partial charge in [-0.1, -0.05) is 32.0 Å². The van der Waals surface area contributed by atoms with E-state index in [-0.39, 0.29) is 22.6 Å². The van der Waals surface area contributed by atoms with Crippen LogP contribution in [0.1, 0.15) is 31.9 Å². The largest absolute Gasteiger partial charge is 0.312 e. The van der Waals surface area contributed by atoms with Crippen LogP contribution >= 0.6 is 0 Å². The van der Waals surface area contributed by atoms with Crippen molar-refractivity contribution in [2.24, 2.45) is 5.92 Å². The first-order valence-electron chi connectivity index (χ1n) is 10.5. The Bertz CT molecular complexity index is 1140. The first-order valence-corrected chi connectivity index (χ1v) is 12.0. The van der Waals surface area contributed by atoms with Crippen molar-refractivity contribution in [2.45, 2.75) is 44.6 Å². The highest BCUT2D eigenvalue weighted by molar-refractivity contribution is 7.89. The smallest absolute Gasteiger partial charge is 0.245 e. The molecule has 4 rings (SSSR count). The number of benzene rings is 2. The van der Waals surface area contributed by atoms with E-state index in [0.717, 1.165) is 28.9 Å². The van der Waals surface area contributed by atoms with Gasteiger partial charge in [0.25, 0.3) is 0 Å². The average Bonchev–Trinajstić information content (AvgIpc) is 3.35. The first-order chi connectivity index (χ1) is 14.7. The number of para-hydroxylation sites is 1. The number of hydrogen-bond acceptors (Lipinski definition) is 4. The van der Waals surface area contributed by atoms with Crippen LogP contribution in [0.5, 0.6) is 0 Å². The fraction of sp³-hybridized carbons (Fsp3) is 0.391. The van der Waals surface area contributed by atoms with E-state index in [1.54, 1.807) is 21.9 Å². The molecule has 8 heteroatoms. The molecule has 0 saturated heterocycles. The summed E-state index contributed by atoms with van der Waals surface area (Å²) in [5.41, 5.74) is 3.50. The number of amides is 2. The zero-order valence-corrected chi connectivity index (χ0v) is 18.8. The van der Waals surface area contributed by atoms with Crippen molar-refractivity contribution in [3.8, 4) is 0 Å². The Morgan fingerprint density at radius 1 is 0.935 bits per heavy atom. The minimum absolute atomic E-state index is 0.0659. The second-order valence-corrected chi connectivity index (χ2v) is 10.1. The molecule has 0 spiro atoms. The van der Waals surface area contributed by atoms with Gasteiger partial charge in [0.15, 0.2) is 0 Å². The van der Waals surface area contributed by atoms with Gasteiger partial charge in [-0.25, -0.2) is 8.42 Å². The van der Waals surface area contributed by atoms with Crippen molar-refractivity contribution in [1.82, 2.24) is 4.72 Å². The fourth-order valence-corrected chi connectivity index (χ4v) is 5.70. The van der Waals surface area contributed by atoms with Crippen molar-refractivity contribution in [1.29, 1.82) is 0 Å². The van der Waals surface area contributed by atoms with Gasteiger partial charge < -0.3 is 9.80 Å². The maximum Gasteiger partial charge on any atom is 0.245 e. The van der Waals surface area contributed by atoms with Gasteiger partial charge in [0, 0.05) is 31.4 Å². The third-order valence-electron chi connectivity index (χ3n) is 6.00. The monoisotopic (exact) mass is 441 g/mol. The van der Waals surface area contributed by atoms with Crippen LogP contribution < -0.4 is 14.5 Å². The highest BCUT2D eigenvalue weighted by atomic mass is 32.2. The molecule has 0 bridgehead atoms. The molecular formula is C23H27N3O4S. The van der Waals surface area contributed by atoms with Gasteiger partial charge in [0.2, 0.25) is 21.8 Å². The van der Waals surface area contributed by atoms with E-state index in [9.17, 15) is 18.0 Å². The van der Waals surface area contributed by atoms with Gasteiger partial charge in [-0.05, 0) is 54.2 Å². The van der Waals surface area contributed by atoms with E-state index in [1.165, 1.54) is 13.0 Å². The molecule has 2 aliphatic rings. The summed E-state index contributed by atoms with van der Waals surface area (Å²) >= 11 is 0. The number of carbonyl (C=O) groups excluding carboxylic acids is 2. The standard InChI is InChI=1S/C23H27N3O4S/c1-15(2)22(23(28)26-13-10-17-6-4-5-7-20(17)26)24-31(29,30)19-8-9-21-18(14-19)11-12-25(21)16(3)27/h4-9,14-15,22,24H,10-13H2,1-3H3. The highest BCUT2D eigenvalue weighted by Crippen LogP contribution is 2.31. The summed E-state index contributed by atoms with van der Waals surface area (Å²) in [7, 11) is -3.92. The van der Waals surface area contributed by atoms with Crippen molar-refractivity contribution < 1.29 is 18.0 Å². The van der Waals surface area contributed by atoms with E-state index in [4.69, 9.17) is 0 Å². The molecule has 0 saturated carbocycles. The van der Waals surface area contributed by atoms with Gasteiger partial charge in [0.05, 0.1) is 4.90 Å². The SMILES string of the molecule is CC(=O)N1CCc2cc(S(=O)(=O)NC(C(=O)N3CCc4ccccc43)C(C)C)ccc21. The van der Waals surface area contributed by atoms with Crippen LogP contribution in [0.2, 0.25) is 0 Å². The van der Waals surface area contributed by atoms with E-state index >= 15 is 0 Å². The van der Waals surface area contributed by atoms with Crippen molar-refractivity contribution >= 4 is 33.2 Å². The van der Waals surface area contributed by atoms with Gasteiger partial charge in [-0.3, -0.25) is 9.59 Å². The van der Waals surface area contributed by atoms with Gasteiger partial charge in [-0.15, -0.1) is 0 Å². The predicted molar refractivity (Wildman–Crippen MR) is 120 cm³/mol. The quantitative estimate of drug-likeness (QED) is 0.772. The molecule has 2 aromatic carbocycles. The van der Waals surface area contributed by atoms with Gasteiger partial charge >= 0.3 is 0 Å². The summed E-state index contributed by atoms with van der Waals surface area (Å²) in [5, 5.41) is 0. The molecule has 2 amide bonds. The molecule has 7 nitrogen and oxygen atoms in total. The highest BCUT2D eigenvalue weighted by Gasteiger charge is 2.35. The zero-order valence-electron chi connectivity index (χ0n) is 18.0. The Hall–Kier alpha value is -2.71. The molecule has 31 heavy (non-hydrogen) atoms. The molecule has 164 valence electrons. The van der Waals surface area contributed by atoms with Crippen molar-refractivity contribution in [2.75, 3.05) is 22.9 Å². The second-order valence-electron chi connectivity index (χ2n) is 8.42. The number of carbonyl (C=O) groups is 2. The predicted octanol–water partition coefficient (Wildman–Crippen LogP) is 2.49. The Kier molecular flexibility index (Phi) is 5.61. The molecule has 1 atom stereocenters. The van der Waals surface area contributed by atoms with E-state index in [2.05, 4.69) is 4.72 Å². The van der Waals surface area contributed by atoms with Crippen molar-refractivity contribution in [3.05, 3.63) is 53.6 Å². The summed E-state index contributed by atoms with van der Waals surface area (Å²) in [4.78, 5) is 28.5. The Morgan fingerprint density at radius 3 is 2.29 bits per heavy atom. The minimum Gasteiger partial charge on any atom is -0.312 e. The summed E-state index contributed by atoms with van der Waals surface area (Å²) in [5.74, 6) is -0.533. The van der Waals surface area contributed by atoms with E-state index < -0.39 is 16.1 Å². The van der Waals surface area contributed by atoms with E-state index in [0.29, 0.717) is 19.5 Å². The van der Waals surface area contributed by atoms with Crippen LogP contribution in [0.3, 0.4) is 0 Å². The Morgan fingerprint density at radius 2 is 1.58 bits per heavy atom. The lowest BCUT2D eigenvalue weighted by molar-refractivity contribution is -0.121. The molecule has 1 N–H and O–H groups in total. The lowest BCUT2D eigenvalue weighted by atomic mass is 10.0. The molecule has 1 unspecified atom stereocenters. The van der Waals surface area contributed by atoms with Gasteiger partial charge in [-0.2, -0.15) is 4.72 Å². The van der Waals surface area contributed by atoms with Crippen LogP contribution in [0, 0.1) is 5.92 Å². The average molecular weight is 442 g/mol. The Labute approximate surface area is 183 Å². The van der Waals surface area contributed by atoms with Crippen LogP contribution in [0.25, 0.3) is 0 Å². The molecule has 2 aliphatic heterocycles. The van der Waals surface area contributed by atoms with Gasteiger partial charge in [0.1, 0.15) is 6.04 Å². The summed E-state index contributed by atoms with van der Waals surface area (Å²) < 4.78 is 29.0. The number of fused-ring (bicyclic) bond motifs is 2. The zero-order chi connectivity index (χ0) is 22.3. The topological polar surface area (TPSA) is 86.8 Å². The maximum absolute atomic E-state index is 13.3. The summed E-state index contributed by atoms with van der Waals surface area (Å²) in [6.45, 7) is 6.25. The number of nitrogens with one attached hydrogen (secondary N) is 1. The van der Waals surface area contributed by atoms with Crippen LogP contribution in [0.15, 0.2) is 47.4 Å². The molecule has 0 aromatic heterocycles. The molecule has 0 fully saturated rings. The fourth-order valence-electron chi connectivity index (χ4n) is 4.31. The third-order valence-corrected chi connectivity index (χ3v) is 7.44. The normalized spacial score (nSPS) is 16.4. The van der Waals surface area contributed by atoms with E-state index in [1.807, 2.05) is 38.1 Å². The summed E-state index contributed by atoms with van der Waals surface area (Å²) in [6, 6.07) is 11.6. The van der Waals surface area contributed by atoms with Crippen molar-refractivity contribution in [3.63, 3.8) is 0 Å². The molecule has 2 aromatic rings. The number of hydrogen-bond donors (Lipinski definition) is 1. The minimum atomic E-state index is -3.92. The van der Waals surface area contributed by atoms with Crippen LogP contribution in [-0.4, -0.2) is 39.4 Å². The molecule has 0 aliphatic carbocycles. The number of sulfonamides is 1. The molecule has 2 heterocycles. The molecule has 0 radical (unpaired) electrons. The summed E-state index contributed by atoms with van der Waals surface area (Å²) in [6.07, 6.45) is 1.37. The third kappa shape index (κ3) is 3.97. The number of anilines is 2. The first kappa shape index (κ1) is 21.5. The lowest BCUT2D eigenvalue weighted by Gasteiger charge is -2.27. The lowest BCUT2D eigenvalue weighted by Crippen LogP contribution is -2.51. The maximum atomic E-state index is 13.3. The van der Waals surface area contributed by atoms with Crippen LogP contribution in [0.4, 0.5) is 11.4 Å². The second kappa shape index (κ2) is 8.09. The number of rotatable bonds is 5. The molecular weight excluding hydrogens is 414 g/mol. The number of nitrogens with zero attached hydrogens (tertiary/aromatic N) is 2.